The number of nitrogens with two attached hydrogens (primary N) is 1. The number of aromatic nitrogens is 3. The maximum atomic E-state index is 5.78. The Labute approximate surface area is 134 Å². The predicted octanol–water partition coefficient (Wildman–Crippen LogP) is 1.37. The number of rotatable bonds is 4. The zero-order valence-corrected chi connectivity index (χ0v) is 13.6. The van der Waals surface area contributed by atoms with E-state index in [-0.39, 0.29) is 24.0 Å². The van der Waals surface area contributed by atoms with E-state index in [0.29, 0.717) is 12.5 Å². The molecule has 0 saturated heterocycles. The first-order valence-electron chi connectivity index (χ1n) is 5.73. The van der Waals surface area contributed by atoms with Gasteiger partial charge in [-0.05, 0) is 24.3 Å². The molecule has 1 aromatic carbocycles. The van der Waals surface area contributed by atoms with E-state index in [1.54, 1.807) is 20.4 Å². The van der Waals surface area contributed by atoms with Crippen molar-refractivity contribution in [1.29, 1.82) is 0 Å². The lowest BCUT2D eigenvalue weighted by Gasteiger charge is -2.06. The van der Waals surface area contributed by atoms with Crippen molar-refractivity contribution >= 4 is 35.6 Å². The summed E-state index contributed by atoms with van der Waals surface area (Å²) in [4.78, 5) is 5.67. The maximum absolute atomic E-state index is 5.78. The Kier molecular flexibility index (Phi) is 6.22. The molecule has 0 unspecified atom stereocenters. The third kappa shape index (κ3) is 4.68. The van der Waals surface area contributed by atoms with Crippen LogP contribution in [-0.2, 0) is 13.6 Å². The van der Waals surface area contributed by atoms with Crippen molar-refractivity contribution in [3.8, 4) is 5.75 Å². The summed E-state index contributed by atoms with van der Waals surface area (Å²) < 4.78 is 5.08. The average molecular weight is 388 g/mol. The molecule has 2 aromatic rings. The standard InChI is InChI=1S/C12H16N6O.HI/c1-18-15-8-10(17-18)7-14-12(13)16-9-3-5-11(19-2)6-4-9;/h3-6,8H,7H2,1-2H3,(H3,13,14,16);1H. The third-order valence-corrected chi connectivity index (χ3v) is 2.42. The predicted molar refractivity (Wildman–Crippen MR) is 88.4 cm³/mol. The smallest absolute Gasteiger partial charge is 0.193 e. The molecule has 0 aliphatic carbocycles. The number of anilines is 1. The second kappa shape index (κ2) is 7.68. The van der Waals surface area contributed by atoms with Crippen molar-refractivity contribution in [2.75, 3.05) is 12.4 Å². The van der Waals surface area contributed by atoms with Crippen molar-refractivity contribution in [3.63, 3.8) is 0 Å². The molecule has 0 atom stereocenters. The van der Waals surface area contributed by atoms with E-state index in [0.717, 1.165) is 17.1 Å². The highest BCUT2D eigenvalue weighted by Crippen LogP contribution is 2.14. The van der Waals surface area contributed by atoms with Crippen molar-refractivity contribution < 1.29 is 4.74 Å². The molecule has 0 aliphatic rings. The highest BCUT2D eigenvalue weighted by Gasteiger charge is 1.99. The molecule has 8 heteroatoms. The van der Waals surface area contributed by atoms with E-state index in [9.17, 15) is 0 Å². The van der Waals surface area contributed by atoms with Gasteiger partial charge < -0.3 is 15.8 Å². The molecule has 1 heterocycles. The summed E-state index contributed by atoms with van der Waals surface area (Å²) in [6.45, 7) is 0.392. The summed E-state index contributed by atoms with van der Waals surface area (Å²) in [5.74, 6) is 1.12. The van der Waals surface area contributed by atoms with Crippen LogP contribution in [-0.4, -0.2) is 28.1 Å². The molecule has 2 rings (SSSR count). The average Bonchev–Trinajstić information content (AvgIpc) is 2.83. The molecule has 3 N–H and O–H groups in total. The normalized spacial score (nSPS) is 10.8. The third-order valence-electron chi connectivity index (χ3n) is 2.42. The molecular weight excluding hydrogens is 371 g/mol. The van der Waals surface area contributed by atoms with Gasteiger partial charge in [-0.1, -0.05) is 0 Å². The number of hydrogen-bond acceptors (Lipinski definition) is 4. The minimum atomic E-state index is 0. The van der Waals surface area contributed by atoms with E-state index in [2.05, 4.69) is 20.5 Å². The fourth-order valence-corrected chi connectivity index (χ4v) is 1.49. The van der Waals surface area contributed by atoms with E-state index < -0.39 is 0 Å². The second-order valence-corrected chi connectivity index (χ2v) is 3.88. The van der Waals surface area contributed by atoms with E-state index in [4.69, 9.17) is 10.5 Å². The van der Waals surface area contributed by atoms with Gasteiger partial charge in [-0.3, -0.25) is 0 Å². The van der Waals surface area contributed by atoms with Crippen LogP contribution >= 0.6 is 24.0 Å². The molecule has 0 saturated carbocycles. The highest BCUT2D eigenvalue weighted by atomic mass is 127. The zero-order chi connectivity index (χ0) is 13.7. The van der Waals surface area contributed by atoms with Crippen molar-refractivity contribution in [2.24, 2.45) is 17.8 Å². The summed E-state index contributed by atoms with van der Waals surface area (Å²) in [6, 6.07) is 7.42. The number of hydrogen-bond donors (Lipinski definition) is 2. The van der Waals surface area contributed by atoms with Crippen LogP contribution in [0.1, 0.15) is 5.69 Å². The van der Waals surface area contributed by atoms with Crippen molar-refractivity contribution in [3.05, 3.63) is 36.2 Å². The molecular formula is C12H17IN6O. The van der Waals surface area contributed by atoms with Crippen molar-refractivity contribution in [2.45, 2.75) is 6.54 Å². The highest BCUT2D eigenvalue weighted by molar-refractivity contribution is 14.0. The number of ether oxygens (including phenoxy) is 1. The number of aryl methyl sites for hydroxylation is 1. The first-order valence-corrected chi connectivity index (χ1v) is 5.73. The number of nitrogens with one attached hydrogen (secondary N) is 1. The van der Waals surface area contributed by atoms with Crippen LogP contribution in [0.3, 0.4) is 0 Å². The molecule has 0 amide bonds. The number of aliphatic imine (C=N–C) groups is 1. The van der Waals surface area contributed by atoms with Gasteiger partial charge in [0.2, 0.25) is 0 Å². The molecule has 7 nitrogen and oxygen atoms in total. The molecule has 0 radical (unpaired) electrons. The van der Waals surface area contributed by atoms with Gasteiger partial charge in [-0.15, -0.1) is 24.0 Å². The Morgan fingerprint density at radius 3 is 2.65 bits per heavy atom. The Morgan fingerprint density at radius 1 is 1.40 bits per heavy atom. The van der Waals surface area contributed by atoms with Gasteiger partial charge in [0.1, 0.15) is 11.4 Å². The fourth-order valence-electron chi connectivity index (χ4n) is 1.49. The van der Waals surface area contributed by atoms with Gasteiger partial charge in [0.05, 0.1) is 19.9 Å². The van der Waals surface area contributed by atoms with Crippen molar-refractivity contribution in [1.82, 2.24) is 15.0 Å². The minimum absolute atomic E-state index is 0. The van der Waals surface area contributed by atoms with Gasteiger partial charge in [0, 0.05) is 12.7 Å². The first-order chi connectivity index (χ1) is 9.17. The number of halogens is 1. The lowest BCUT2D eigenvalue weighted by atomic mass is 10.3. The topological polar surface area (TPSA) is 90.4 Å². The number of benzene rings is 1. The van der Waals surface area contributed by atoms with E-state index in [1.165, 1.54) is 4.80 Å². The molecule has 108 valence electrons. The summed E-state index contributed by atoms with van der Waals surface area (Å²) in [5, 5.41) is 11.1. The van der Waals surface area contributed by atoms with Gasteiger partial charge in [-0.2, -0.15) is 15.0 Å². The molecule has 0 fully saturated rings. The summed E-state index contributed by atoms with van der Waals surface area (Å²) in [7, 11) is 3.38. The molecule has 1 aromatic heterocycles. The first kappa shape index (κ1) is 16.2. The van der Waals surface area contributed by atoms with Crippen LogP contribution in [0.2, 0.25) is 0 Å². The van der Waals surface area contributed by atoms with Gasteiger partial charge in [-0.25, -0.2) is 4.99 Å². The monoisotopic (exact) mass is 388 g/mol. The lowest BCUT2D eigenvalue weighted by Crippen LogP contribution is -2.22. The van der Waals surface area contributed by atoms with Gasteiger partial charge >= 0.3 is 0 Å². The lowest BCUT2D eigenvalue weighted by molar-refractivity contribution is 0.415. The summed E-state index contributed by atoms with van der Waals surface area (Å²) >= 11 is 0. The Balaban J connectivity index is 0.00000200. The molecule has 0 aliphatic heterocycles. The van der Waals surface area contributed by atoms with Gasteiger partial charge in [0.15, 0.2) is 5.96 Å². The summed E-state index contributed by atoms with van der Waals surface area (Å²) in [6.07, 6.45) is 1.66. The number of guanidine groups is 1. The summed E-state index contributed by atoms with van der Waals surface area (Å²) in [5.41, 5.74) is 7.40. The molecule has 20 heavy (non-hydrogen) atoms. The van der Waals surface area contributed by atoms with E-state index >= 15 is 0 Å². The second-order valence-electron chi connectivity index (χ2n) is 3.88. The number of methoxy groups -OCH3 is 1. The molecule has 0 bridgehead atoms. The molecule has 0 spiro atoms. The van der Waals surface area contributed by atoms with Crippen LogP contribution in [0.25, 0.3) is 0 Å². The van der Waals surface area contributed by atoms with E-state index in [1.807, 2.05) is 24.3 Å². The Morgan fingerprint density at radius 2 is 2.10 bits per heavy atom. The minimum Gasteiger partial charge on any atom is -0.497 e. The van der Waals surface area contributed by atoms with Crippen LogP contribution in [0.15, 0.2) is 35.5 Å². The largest absolute Gasteiger partial charge is 0.497 e. The van der Waals surface area contributed by atoms with Crippen LogP contribution < -0.4 is 15.8 Å². The number of nitrogens with zero attached hydrogens (tertiary/aromatic N) is 4. The van der Waals surface area contributed by atoms with Crippen LogP contribution in [0.4, 0.5) is 5.69 Å². The van der Waals surface area contributed by atoms with Crippen LogP contribution in [0.5, 0.6) is 5.75 Å². The zero-order valence-electron chi connectivity index (χ0n) is 11.3. The van der Waals surface area contributed by atoms with Crippen LogP contribution in [0, 0.1) is 0 Å². The Hall–Kier alpha value is -1.84. The fraction of sp³-hybridized carbons (Fsp3) is 0.250. The maximum Gasteiger partial charge on any atom is 0.193 e. The van der Waals surface area contributed by atoms with Gasteiger partial charge in [0.25, 0.3) is 0 Å². The SMILES string of the molecule is COc1ccc(NC(N)=NCc2cnn(C)n2)cc1.I. The Bertz CT molecular complexity index is 566. The quantitative estimate of drug-likeness (QED) is 0.469.